The van der Waals surface area contributed by atoms with Gasteiger partial charge in [-0.1, -0.05) is 30.3 Å². The van der Waals surface area contributed by atoms with E-state index in [0.29, 0.717) is 31.1 Å². The number of nitrogens with zero attached hydrogens (tertiary/aromatic N) is 5. The van der Waals surface area contributed by atoms with Crippen molar-refractivity contribution in [2.24, 2.45) is 0 Å². The Morgan fingerprint density at radius 1 is 1.14 bits per heavy atom. The van der Waals surface area contributed by atoms with Gasteiger partial charge in [0, 0.05) is 24.8 Å². The first-order valence-corrected chi connectivity index (χ1v) is 9.55. The number of morpholine rings is 1. The maximum absolute atomic E-state index is 13.0. The summed E-state index contributed by atoms with van der Waals surface area (Å²) in [7, 11) is 0. The van der Waals surface area contributed by atoms with Crippen LogP contribution in [0, 0.1) is 0 Å². The molecule has 1 aliphatic heterocycles. The molecule has 0 N–H and O–H groups in total. The standard InChI is InChI=1S/C21H23N5O2/c27-21(18-9-10-22-20(13-18)26-15-23-24-16-26)25-11-12-28-19(14-25)8-4-7-17-5-2-1-3-6-17/h1-3,5-6,9-10,13,15-16,19H,4,7-8,11-12,14H2. The average molecular weight is 377 g/mol. The fraction of sp³-hybridized carbons (Fsp3) is 0.333. The van der Waals surface area contributed by atoms with Crippen molar-refractivity contribution in [2.45, 2.75) is 25.4 Å². The molecule has 0 spiro atoms. The quantitative estimate of drug-likeness (QED) is 0.660. The summed E-state index contributed by atoms with van der Waals surface area (Å²) in [5, 5.41) is 7.57. The largest absolute Gasteiger partial charge is 0.375 e. The van der Waals surface area contributed by atoms with E-state index in [2.05, 4.69) is 39.4 Å². The Bertz CT molecular complexity index is 898. The normalized spacial score (nSPS) is 16.9. The van der Waals surface area contributed by atoms with Crippen LogP contribution in [0.3, 0.4) is 0 Å². The molecule has 2 aromatic heterocycles. The van der Waals surface area contributed by atoms with Gasteiger partial charge in [-0.3, -0.25) is 9.36 Å². The Morgan fingerprint density at radius 3 is 2.79 bits per heavy atom. The fourth-order valence-electron chi connectivity index (χ4n) is 3.45. The second kappa shape index (κ2) is 8.75. The van der Waals surface area contributed by atoms with E-state index in [4.69, 9.17) is 4.74 Å². The van der Waals surface area contributed by atoms with Crippen LogP contribution in [0.25, 0.3) is 5.82 Å². The summed E-state index contributed by atoms with van der Waals surface area (Å²) >= 11 is 0. The summed E-state index contributed by atoms with van der Waals surface area (Å²) in [6.45, 7) is 1.81. The topological polar surface area (TPSA) is 73.1 Å². The van der Waals surface area contributed by atoms with E-state index >= 15 is 0 Å². The minimum atomic E-state index is 0.00749. The van der Waals surface area contributed by atoms with Crippen LogP contribution in [0.4, 0.5) is 0 Å². The number of hydrogen-bond donors (Lipinski definition) is 0. The van der Waals surface area contributed by atoms with Gasteiger partial charge in [-0.2, -0.15) is 0 Å². The first-order chi connectivity index (χ1) is 13.8. The summed E-state index contributed by atoms with van der Waals surface area (Å²) in [4.78, 5) is 19.1. The van der Waals surface area contributed by atoms with Gasteiger partial charge in [-0.05, 0) is 37.0 Å². The number of carbonyl (C=O) groups excluding carboxylic acids is 1. The molecule has 0 radical (unpaired) electrons. The molecular formula is C21H23N5O2. The summed E-state index contributed by atoms with van der Waals surface area (Å²) in [6.07, 6.45) is 7.87. The van der Waals surface area contributed by atoms with Crippen molar-refractivity contribution in [3.8, 4) is 5.82 Å². The maximum atomic E-state index is 13.0. The summed E-state index contributed by atoms with van der Waals surface area (Å²) in [5.74, 6) is 0.636. The highest BCUT2D eigenvalue weighted by Crippen LogP contribution is 2.16. The zero-order valence-electron chi connectivity index (χ0n) is 15.6. The zero-order chi connectivity index (χ0) is 19.2. The van der Waals surface area contributed by atoms with E-state index in [-0.39, 0.29) is 12.0 Å². The van der Waals surface area contributed by atoms with Crippen molar-refractivity contribution in [1.29, 1.82) is 0 Å². The summed E-state index contributed by atoms with van der Waals surface area (Å²) < 4.78 is 7.57. The smallest absolute Gasteiger partial charge is 0.254 e. The Balaban J connectivity index is 1.35. The molecule has 1 fully saturated rings. The van der Waals surface area contributed by atoms with Crippen molar-refractivity contribution in [3.63, 3.8) is 0 Å². The molecule has 144 valence electrons. The second-order valence-corrected chi connectivity index (χ2v) is 6.89. The summed E-state index contributed by atoms with van der Waals surface area (Å²) in [5.41, 5.74) is 1.95. The Labute approximate surface area is 164 Å². The number of pyridine rings is 1. The predicted octanol–water partition coefficient (Wildman–Crippen LogP) is 2.53. The SMILES string of the molecule is O=C(c1ccnc(-n2cnnc2)c1)N1CCOC(CCCc2ccccc2)C1. The van der Waals surface area contributed by atoms with Crippen molar-refractivity contribution in [1.82, 2.24) is 24.6 Å². The maximum Gasteiger partial charge on any atom is 0.254 e. The Kier molecular flexibility index (Phi) is 5.72. The number of rotatable bonds is 6. The number of aryl methyl sites for hydroxylation is 1. The fourth-order valence-corrected chi connectivity index (χ4v) is 3.45. The molecular weight excluding hydrogens is 354 g/mol. The lowest BCUT2D eigenvalue weighted by Gasteiger charge is -2.33. The molecule has 1 aliphatic rings. The van der Waals surface area contributed by atoms with Crippen LogP contribution in [0.5, 0.6) is 0 Å². The highest BCUT2D eigenvalue weighted by atomic mass is 16.5. The highest BCUT2D eigenvalue weighted by molar-refractivity contribution is 5.94. The van der Waals surface area contributed by atoms with E-state index < -0.39 is 0 Å². The lowest BCUT2D eigenvalue weighted by atomic mass is 10.0. The molecule has 0 saturated carbocycles. The van der Waals surface area contributed by atoms with Crippen LogP contribution < -0.4 is 0 Å². The molecule has 7 heteroatoms. The minimum absolute atomic E-state index is 0.00749. The van der Waals surface area contributed by atoms with Gasteiger partial charge >= 0.3 is 0 Å². The number of hydrogen-bond acceptors (Lipinski definition) is 5. The van der Waals surface area contributed by atoms with Gasteiger partial charge in [0.15, 0.2) is 0 Å². The third kappa shape index (κ3) is 4.43. The van der Waals surface area contributed by atoms with Crippen LogP contribution in [0.2, 0.25) is 0 Å². The van der Waals surface area contributed by atoms with Gasteiger partial charge in [0.25, 0.3) is 5.91 Å². The van der Waals surface area contributed by atoms with E-state index in [0.717, 1.165) is 19.3 Å². The van der Waals surface area contributed by atoms with Gasteiger partial charge in [0.05, 0.1) is 12.7 Å². The molecule has 1 saturated heterocycles. The average Bonchev–Trinajstić information content (AvgIpc) is 3.29. The summed E-state index contributed by atoms with van der Waals surface area (Å²) in [6, 6.07) is 14.0. The van der Waals surface area contributed by atoms with Crippen molar-refractivity contribution < 1.29 is 9.53 Å². The number of benzene rings is 1. The van der Waals surface area contributed by atoms with Crippen LogP contribution in [-0.2, 0) is 11.2 Å². The van der Waals surface area contributed by atoms with Crippen LogP contribution in [-0.4, -0.2) is 56.4 Å². The van der Waals surface area contributed by atoms with Crippen LogP contribution in [0.15, 0.2) is 61.3 Å². The Morgan fingerprint density at radius 2 is 1.96 bits per heavy atom. The van der Waals surface area contributed by atoms with Gasteiger partial charge in [0.1, 0.15) is 18.5 Å². The Hall–Kier alpha value is -3.06. The molecule has 3 aromatic rings. The molecule has 28 heavy (non-hydrogen) atoms. The van der Waals surface area contributed by atoms with E-state index in [9.17, 15) is 4.79 Å². The molecule has 7 nitrogen and oxygen atoms in total. The molecule has 0 bridgehead atoms. The minimum Gasteiger partial charge on any atom is -0.375 e. The third-order valence-corrected chi connectivity index (χ3v) is 4.94. The first kappa shape index (κ1) is 18.3. The van der Waals surface area contributed by atoms with Gasteiger partial charge in [0.2, 0.25) is 0 Å². The van der Waals surface area contributed by atoms with E-state index in [1.165, 1.54) is 5.56 Å². The van der Waals surface area contributed by atoms with Gasteiger partial charge in [-0.25, -0.2) is 4.98 Å². The zero-order valence-corrected chi connectivity index (χ0v) is 15.6. The monoisotopic (exact) mass is 377 g/mol. The first-order valence-electron chi connectivity index (χ1n) is 9.55. The molecule has 4 rings (SSSR count). The molecule has 0 aliphatic carbocycles. The number of amides is 1. The lowest BCUT2D eigenvalue weighted by molar-refractivity contribution is -0.0255. The van der Waals surface area contributed by atoms with E-state index in [1.807, 2.05) is 11.0 Å². The van der Waals surface area contributed by atoms with Gasteiger partial charge in [-0.15, -0.1) is 10.2 Å². The third-order valence-electron chi connectivity index (χ3n) is 4.94. The highest BCUT2D eigenvalue weighted by Gasteiger charge is 2.25. The number of carbonyl (C=O) groups is 1. The molecule has 1 amide bonds. The molecule has 1 unspecified atom stereocenters. The van der Waals surface area contributed by atoms with Crippen molar-refractivity contribution >= 4 is 5.91 Å². The molecule has 1 atom stereocenters. The van der Waals surface area contributed by atoms with Gasteiger partial charge < -0.3 is 9.64 Å². The molecule has 1 aromatic carbocycles. The number of ether oxygens (including phenoxy) is 1. The number of aromatic nitrogens is 4. The molecule has 3 heterocycles. The predicted molar refractivity (Wildman–Crippen MR) is 104 cm³/mol. The van der Waals surface area contributed by atoms with Crippen LogP contribution >= 0.6 is 0 Å². The van der Waals surface area contributed by atoms with Crippen LogP contribution in [0.1, 0.15) is 28.8 Å². The second-order valence-electron chi connectivity index (χ2n) is 6.89. The van der Waals surface area contributed by atoms with Crippen molar-refractivity contribution in [2.75, 3.05) is 19.7 Å². The van der Waals surface area contributed by atoms with E-state index in [1.54, 1.807) is 35.6 Å². The van der Waals surface area contributed by atoms with Crippen molar-refractivity contribution in [3.05, 3.63) is 72.4 Å². The lowest BCUT2D eigenvalue weighted by Crippen LogP contribution is -2.45.